The van der Waals surface area contributed by atoms with Gasteiger partial charge in [0.15, 0.2) is 5.13 Å². The molecule has 1 aromatic rings. The molecule has 22 heavy (non-hydrogen) atoms. The largest absolute Gasteiger partial charge is 0.338 e. The summed E-state index contributed by atoms with van der Waals surface area (Å²) in [6.45, 7) is 5.33. The van der Waals surface area contributed by atoms with Gasteiger partial charge in [0.25, 0.3) is 0 Å². The van der Waals surface area contributed by atoms with E-state index in [-0.39, 0.29) is 23.8 Å². The van der Waals surface area contributed by atoms with Crippen LogP contribution in [0.2, 0.25) is 0 Å². The molecule has 1 aromatic heterocycles. The first kappa shape index (κ1) is 16.9. The van der Waals surface area contributed by atoms with Crippen molar-refractivity contribution in [2.45, 2.75) is 39.2 Å². The topological polar surface area (TPSA) is 74.3 Å². The Hall–Kier alpha value is -1.47. The van der Waals surface area contributed by atoms with E-state index in [1.807, 2.05) is 31.2 Å². The number of carbonyl (C=O) groups is 2. The average Bonchev–Trinajstić information content (AvgIpc) is 3.08. The molecule has 0 radical (unpaired) electrons. The number of likely N-dealkylation sites (tertiary alicyclic amines) is 1. The molecule has 0 aliphatic carbocycles. The van der Waals surface area contributed by atoms with Gasteiger partial charge in [-0.1, -0.05) is 13.8 Å². The Kier molecular flexibility index (Phi) is 5.90. The Morgan fingerprint density at radius 3 is 2.95 bits per heavy atom. The molecule has 2 heterocycles. The van der Waals surface area contributed by atoms with Crippen molar-refractivity contribution in [1.82, 2.24) is 15.2 Å². The molecule has 1 saturated heterocycles. The zero-order chi connectivity index (χ0) is 16.1. The number of likely N-dealkylation sites (N-methyl/N-ethyl adjacent to an activating group) is 1. The highest BCUT2D eigenvalue weighted by atomic mass is 32.1. The predicted octanol–water partition coefficient (Wildman–Crippen LogP) is 1.49. The number of aromatic nitrogens is 1. The third-order valence-corrected chi connectivity index (χ3v) is 4.58. The van der Waals surface area contributed by atoms with Gasteiger partial charge in [-0.05, 0) is 19.9 Å². The molecule has 1 fully saturated rings. The average molecular weight is 324 g/mol. The summed E-state index contributed by atoms with van der Waals surface area (Å²) in [6.07, 6.45) is 2.42. The lowest BCUT2D eigenvalue weighted by molar-refractivity contribution is -0.131. The summed E-state index contributed by atoms with van der Waals surface area (Å²) in [7, 11) is 1.91. The molecule has 6 nitrogen and oxygen atoms in total. The first-order chi connectivity index (χ1) is 10.5. The summed E-state index contributed by atoms with van der Waals surface area (Å²) in [5.74, 6) is -0.0217. The Morgan fingerprint density at radius 2 is 2.27 bits per heavy atom. The minimum Gasteiger partial charge on any atom is -0.338 e. The van der Waals surface area contributed by atoms with Gasteiger partial charge in [0.2, 0.25) is 11.8 Å². The molecule has 1 atom stereocenters. The van der Waals surface area contributed by atoms with Crippen LogP contribution in [0, 0.1) is 5.92 Å². The number of amides is 2. The van der Waals surface area contributed by atoms with Crippen LogP contribution >= 0.6 is 11.3 Å². The fourth-order valence-corrected chi connectivity index (χ4v) is 3.28. The number of anilines is 1. The van der Waals surface area contributed by atoms with Crippen LogP contribution in [0.4, 0.5) is 5.13 Å². The van der Waals surface area contributed by atoms with E-state index in [4.69, 9.17) is 0 Å². The molecule has 0 spiro atoms. The molecule has 2 amide bonds. The predicted molar refractivity (Wildman–Crippen MR) is 87.9 cm³/mol. The molecule has 0 bridgehead atoms. The van der Waals surface area contributed by atoms with Crippen LogP contribution in [-0.4, -0.2) is 47.9 Å². The second-order valence-electron chi connectivity index (χ2n) is 5.91. The van der Waals surface area contributed by atoms with E-state index in [1.165, 1.54) is 11.3 Å². The van der Waals surface area contributed by atoms with Crippen molar-refractivity contribution >= 4 is 28.3 Å². The number of carbonyl (C=O) groups excluding carboxylic acids is 2. The lowest BCUT2D eigenvalue weighted by Crippen LogP contribution is -2.41. The highest BCUT2D eigenvalue weighted by Gasteiger charge is 2.28. The second kappa shape index (κ2) is 7.69. The van der Waals surface area contributed by atoms with E-state index in [2.05, 4.69) is 15.6 Å². The maximum Gasteiger partial charge on any atom is 0.228 e. The fourth-order valence-electron chi connectivity index (χ4n) is 2.56. The van der Waals surface area contributed by atoms with E-state index >= 15 is 0 Å². The van der Waals surface area contributed by atoms with Gasteiger partial charge in [-0.2, -0.15) is 0 Å². The molecule has 1 unspecified atom stereocenters. The number of rotatable bonds is 6. The number of hydrogen-bond acceptors (Lipinski definition) is 5. The zero-order valence-corrected chi connectivity index (χ0v) is 14.2. The standard InChI is InChI=1S/C15H24N4O2S/c1-10(2)14(21)18-15-17-11(9-22-15)7-13(20)19-6-4-5-12(19)8-16-3/h9-10,12,16H,4-8H2,1-3H3,(H,17,18,21). The van der Waals surface area contributed by atoms with E-state index in [9.17, 15) is 9.59 Å². The van der Waals surface area contributed by atoms with Gasteiger partial charge in [0.1, 0.15) is 0 Å². The first-order valence-electron chi connectivity index (χ1n) is 7.70. The van der Waals surface area contributed by atoms with Crippen molar-refractivity contribution in [2.75, 3.05) is 25.5 Å². The van der Waals surface area contributed by atoms with Crippen LogP contribution in [0.25, 0.3) is 0 Å². The molecule has 0 aromatic carbocycles. The van der Waals surface area contributed by atoms with Gasteiger partial charge in [-0.3, -0.25) is 9.59 Å². The molecule has 1 aliphatic heterocycles. The highest BCUT2D eigenvalue weighted by molar-refractivity contribution is 7.13. The smallest absolute Gasteiger partial charge is 0.228 e. The van der Waals surface area contributed by atoms with Gasteiger partial charge in [-0.25, -0.2) is 4.98 Å². The van der Waals surface area contributed by atoms with Gasteiger partial charge in [-0.15, -0.1) is 11.3 Å². The van der Waals surface area contributed by atoms with E-state index in [1.54, 1.807) is 0 Å². The summed E-state index contributed by atoms with van der Waals surface area (Å²) in [6, 6.07) is 0.288. The highest BCUT2D eigenvalue weighted by Crippen LogP contribution is 2.20. The van der Waals surface area contributed by atoms with Crippen molar-refractivity contribution in [3.63, 3.8) is 0 Å². The molecule has 122 valence electrons. The zero-order valence-electron chi connectivity index (χ0n) is 13.4. The maximum atomic E-state index is 12.4. The molecule has 2 rings (SSSR count). The van der Waals surface area contributed by atoms with E-state index < -0.39 is 0 Å². The van der Waals surface area contributed by atoms with Crippen molar-refractivity contribution in [2.24, 2.45) is 5.92 Å². The van der Waals surface area contributed by atoms with Crippen molar-refractivity contribution < 1.29 is 9.59 Å². The van der Waals surface area contributed by atoms with Crippen molar-refractivity contribution in [1.29, 1.82) is 0 Å². The lowest BCUT2D eigenvalue weighted by Gasteiger charge is -2.24. The monoisotopic (exact) mass is 324 g/mol. The van der Waals surface area contributed by atoms with Gasteiger partial charge >= 0.3 is 0 Å². The summed E-state index contributed by atoms with van der Waals surface area (Å²) in [5.41, 5.74) is 0.726. The summed E-state index contributed by atoms with van der Waals surface area (Å²) < 4.78 is 0. The number of thiazole rings is 1. The minimum absolute atomic E-state index is 0.0548. The van der Waals surface area contributed by atoms with Crippen LogP contribution in [0.5, 0.6) is 0 Å². The van der Waals surface area contributed by atoms with Crippen LogP contribution < -0.4 is 10.6 Å². The molecule has 7 heteroatoms. The summed E-state index contributed by atoms with van der Waals surface area (Å²) in [5, 5.41) is 8.32. The number of nitrogens with one attached hydrogen (secondary N) is 2. The minimum atomic E-state index is -0.0825. The number of hydrogen-bond donors (Lipinski definition) is 2. The van der Waals surface area contributed by atoms with Gasteiger partial charge < -0.3 is 15.5 Å². The summed E-state index contributed by atoms with van der Waals surface area (Å²) >= 11 is 1.36. The van der Waals surface area contributed by atoms with Crippen LogP contribution in [-0.2, 0) is 16.0 Å². The SMILES string of the molecule is CNCC1CCCN1C(=O)Cc1csc(NC(=O)C(C)C)n1. The Labute approximate surface area is 135 Å². The molecular weight excluding hydrogens is 300 g/mol. The lowest BCUT2D eigenvalue weighted by atomic mass is 10.2. The molecule has 0 saturated carbocycles. The third kappa shape index (κ3) is 4.27. The van der Waals surface area contributed by atoms with Crippen molar-refractivity contribution in [3.8, 4) is 0 Å². The quantitative estimate of drug-likeness (QED) is 0.831. The van der Waals surface area contributed by atoms with Gasteiger partial charge in [0.05, 0.1) is 12.1 Å². The third-order valence-electron chi connectivity index (χ3n) is 3.78. The number of nitrogens with zero attached hydrogens (tertiary/aromatic N) is 2. The summed E-state index contributed by atoms with van der Waals surface area (Å²) in [4.78, 5) is 30.3. The first-order valence-corrected chi connectivity index (χ1v) is 8.58. The Balaban J connectivity index is 1.92. The van der Waals surface area contributed by atoms with Crippen LogP contribution in [0.3, 0.4) is 0 Å². The Bertz CT molecular complexity index is 529. The molecule has 1 aliphatic rings. The molecule has 2 N–H and O–H groups in total. The van der Waals surface area contributed by atoms with E-state index in [0.29, 0.717) is 11.6 Å². The van der Waals surface area contributed by atoms with Crippen LogP contribution in [0.15, 0.2) is 5.38 Å². The van der Waals surface area contributed by atoms with Crippen LogP contribution in [0.1, 0.15) is 32.4 Å². The van der Waals surface area contributed by atoms with Gasteiger partial charge in [0, 0.05) is 30.4 Å². The normalized spacial score (nSPS) is 18.0. The molecular formula is C15H24N4O2S. The second-order valence-corrected chi connectivity index (χ2v) is 6.76. The van der Waals surface area contributed by atoms with Crippen molar-refractivity contribution in [3.05, 3.63) is 11.1 Å². The maximum absolute atomic E-state index is 12.4. The fraction of sp³-hybridized carbons (Fsp3) is 0.667. The Morgan fingerprint density at radius 1 is 1.50 bits per heavy atom. The van der Waals surface area contributed by atoms with E-state index in [0.717, 1.165) is 31.6 Å².